The normalized spacial score (nSPS) is 32.2. The van der Waals surface area contributed by atoms with Gasteiger partial charge in [-0.15, -0.1) is 0 Å². The Balaban J connectivity index is 1.95. The molecule has 0 radical (unpaired) electrons. The molecule has 86 valence electrons. The molecule has 2 nitrogen and oxygen atoms in total. The van der Waals surface area contributed by atoms with Gasteiger partial charge in [0.15, 0.2) is 6.29 Å². The lowest BCUT2D eigenvalue weighted by Crippen LogP contribution is -2.30. The van der Waals surface area contributed by atoms with Gasteiger partial charge >= 0.3 is 0 Å². The molecule has 2 aliphatic rings. The van der Waals surface area contributed by atoms with Crippen LogP contribution < -0.4 is 0 Å². The van der Waals surface area contributed by atoms with Gasteiger partial charge < -0.3 is 9.47 Å². The van der Waals surface area contributed by atoms with E-state index in [1.54, 1.807) is 13.2 Å². The predicted octanol–water partition coefficient (Wildman–Crippen LogP) is 2.16. The van der Waals surface area contributed by atoms with E-state index < -0.39 is 0 Å². The first kappa shape index (κ1) is 10.2. The molecule has 1 aliphatic heterocycles. The molecule has 0 N–H and O–H groups in total. The Morgan fingerprint density at radius 1 is 1.38 bits per heavy atom. The summed E-state index contributed by atoms with van der Waals surface area (Å²) in [7, 11) is 1.66. The number of halogens is 1. The molecular formula is C13H15FO2. The second-order valence-electron chi connectivity index (χ2n) is 4.65. The zero-order chi connectivity index (χ0) is 11.1. The number of fused-ring (bicyclic) bond motifs is 2. The number of ether oxygens (including phenoxy) is 2. The summed E-state index contributed by atoms with van der Waals surface area (Å²) in [6.07, 6.45) is 1.50. The van der Waals surface area contributed by atoms with Gasteiger partial charge in [-0.2, -0.15) is 0 Å². The van der Waals surface area contributed by atoms with Crippen LogP contribution in [0.4, 0.5) is 4.39 Å². The molecule has 3 heteroatoms. The summed E-state index contributed by atoms with van der Waals surface area (Å²) in [5.41, 5.74) is 2.00. The third kappa shape index (κ3) is 1.46. The Bertz CT molecular complexity index is 405. The lowest BCUT2D eigenvalue weighted by Gasteiger charge is -2.28. The fourth-order valence-corrected chi connectivity index (χ4v) is 2.95. The van der Waals surface area contributed by atoms with E-state index in [0.717, 1.165) is 30.6 Å². The van der Waals surface area contributed by atoms with Crippen molar-refractivity contribution >= 4 is 0 Å². The van der Waals surface area contributed by atoms with Crippen LogP contribution >= 0.6 is 0 Å². The average Bonchev–Trinajstić information content (AvgIpc) is 2.69. The Morgan fingerprint density at radius 2 is 2.25 bits per heavy atom. The highest BCUT2D eigenvalue weighted by Crippen LogP contribution is 2.39. The van der Waals surface area contributed by atoms with Crippen LogP contribution in [0.3, 0.4) is 0 Å². The van der Waals surface area contributed by atoms with Crippen molar-refractivity contribution in [2.75, 3.05) is 13.7 Å². The molecule has 0 bridgehead atoms. The highest BCUT2D eigenvalue weighted by atomic mass is 19.1. The standard InChI is InChI=1S/C13H15FO2/c1-15-13-11-6-10-8(3-2-4-12(10)14)5-9(11)7-16-13/h2-4,9,11,13H,5-7H2,1H3/t9-,11+,13+/m1/s1. The fraction of sp³-hybridized carbons (Fsp3) is 0.538. The van der Waals surface area contributed by atoms with Gasteiger partial charge in [0, 0.05) is 13.0 Å². The monoisotopic (exact) mass is 222 g/mol. The minimum Gasteiger partial charge on any atom is -0.356 e. The Morgan fingerprint density at radius 3 is 3.06 bits per heavy atom. The molecule has 0 aromatic heterocycles. The zero-order valence-corrected chi connectivity index (χ0v) is 9.28. The summed E-state index contributed by atoms with van der Waals surface area (Å²) >= 11 is 0. The molecule has 1 aromatic rings. The van der Waals surface area contributed by atoms with Gasteiger partial charge in [0.25, 0.3) is 0 Å². The van der Waals surface area contributed by atoms with E-state index in [2.05, 4.69) is 0 Å². The van der Waals surface area contributed by atoms with Crippen molar-refractivity contribution < 1.29 is 13.9 Å². The summed E-state index contributed by atoms with van der Waals surface area (Å²) < 4.78 is 24.5. The van der Waals surface area contributed by atoms with Crippen LogP contribution in [0.1, 0.15) is 11.1 Å². The largest absolute Gasteiger partial charge is 0.356 e. The lowest BCUT2D eigenvalue weighted by molar-refractivity contribution is -0.110. The fourth-order valence-electron chi connectivity index (χ4n) is 2.95. The quantitative estimate of drug-likeness (QED) is 0.725. The van der Waals surface area contributed by atoms with Crippen LogP contribution in [-0.2, 0) is 22.3 Å². The maximum absolute atomic E-state index is 13.7. The van der Waals surface area contributed by atoms with Crippen LogP contribution in [0.25, 0.3) is 0 Å². The van der Waals surface area contributed by atoms with E-state index in [0.29, 0.717) is 11.8 Å². The summed E-state index contributed by atoms with van der Waals surface area (Å²) in [6, 6.07) is 5.35. The van der Waals surface area contributed by atoms with E-state index in [1.165, 1.54) is 6.07 Å². The summed E-state index contributed by atoms with van der Waals surface area (Å²) in [5, 5.41) is 0. The van der Waals surface area contributed by atoms with Gasteiger partial charge in [0.05, 0.1) is 6.61 Å². The van der Waals surface area contributed by atoms with E-state index in [-0.39, 0.29) is 12.1 Å². The van der Waals surface area contributed by atoms with E-state index >= 15 is 0 Å². The molecule has 3 atom stereocenters. The van der Waals surface area contributed by atoms with Crippen LogP contribution in [0.5, 0.6) is 0 Å². The minimum absolute atomic E-state index is 0.0855. The molecule has 16 heavy (non-hydrogen) atoms. The van der Waals surface area contributed by atoms with E-state index in [4.69, 9.17) is 9.47 Å². The molecule has 0 unspecified atom stereocenters. The van der Waals surface area contributed by atoms with Gasteiger partial charge in [-0.1, -0.05) is 12.1 Å². The number of methoxy groups -OCH3 is 1. The average molecular weight is 222 g/mol. The highest BCUT2D eigenvalue weighted by molar-refractivity contribution is 5.32. The van der Waals surface area contributed by atoms with Crippen molar-refractivity contribution in [2.24, 2.45) is 11.8 Å². The maximum atomic E-state index is 13.7. The third-order valence-electron chi connectivity index (χ3n) is 3.80. The maximum Gasteiger partial charge on any atom is 0.160 e. The second kappa shape index (κ2) is 3.82. The molecule has 1 heterocycles. The number of hydrogen-bond donors (Lipinski definition) is 0. The lowest BCUT2D eigenvalue weighted by atomic mass is 9.77. The van der Waals surface area contributed by atoms with Crippen LogP contribution in [0, 0.1) is 17.7 Å². The molecule has 3 rings (SSSR count). The van der Waals surface area contributed by atoms with Crippen LogP contribution in [-0.4, -0.2) is 20.0 Å². The Labute approximate surface area is 94.4 Å². The molecule has 0 saturated carbocycles. The third-order valence-corrected chi connectivity index (χ3v) is 3.80. The first-order chi connectivity index (χ1) is 7.79. The van der Waals surface area contributed by atoms with Crippen molar-refractivity contribution in [3.05, 3.63) is 35.1 Å². The predicted molar refractivity (Wildman–Crippen MR) is 57.5 cm³/mol. The second-order valence-corrected chi connectivity index (χ2v) is 4.65. The van der Waals surface area contributed by atoms with Gasteiger partial charge in [-0.05, 0) is 36.0 Å². The van der Waals surface area contributed by atoms with Crippen molar-refractivity contribution in [2.45, 2.75) is 19.1 Å². The minimum atomic E-state index is -0.155. The van der Waals surface area contributed by atoms with Crippen LogP contribution in [0.15, 0.2) is 18.2 Å². The van der Waals surface area contributed by atoms with Gasteiger partial charge in [-0.25, -0.2) is 4.39 Å². The zero-order valence-electron chi connectivity index (χ0n) is 9.28. The number of benzene rings is 1. The summed E-state index contributed by atoms with van der Waals surface area (Å²) in [6.45, 7) is 0.735. The Hall–Kier alpha value is -0.930. The van der Waals surface area contributed by atoms with E-state index in [1.807, 2.05) is 6.07 Å². The molecule has 1 aliphatic carbocycles. The molecule has 0 amide bonds. The molecular weight excluding hydrogens is 207 g/mol. The molecule has 1 aromatic carbocycles. The number of rotatable bonds is 1. The van der Waals surface area contributed by atoms with Gasteiger partial charge in [0.1, 0.15) is 5.82 Å². The first-order valence-electron chi connectivity index (χ1n) is 5.70. The summed E-state index contributed by atoms with van der Waals surface area (Å²) in [4.78, 5) is 0. The molecule has 0 spiro atoms. The topological polar surface area (TPSA) is 18.5 Å². The van der Waals surface area contributed by atoms with Crippen LogP contribution in [0.2, 0.25) is 0 Å². The first-order valence-corrected chi connectivity index (χ1v) is 5.70. The van der Waals surface area contributed by atoms with Gasteiger partial charge in [-0.3, -0.25) is 0 Å². The van der Waals surface area contributed by atoms with Crippen molar-refractivity contribution in [1.29, 1.82) is 0 Å². The molecule has 1 fully saturated rings. The smallest absolute Gasteiger partial charge is 0.160 e. The number of hydrogen-bond acceptors (Lipinski definition) is 2. The van der Waals surface area contributed by atoms with Crippen molar-refractivity contribution in [3.8, 4) is 0 Å². The molecule has 1 saturated heterocycles. The SMILES string of the molecule is CO[C@H]1OC[C@H]2Cc3cccc(F)c3C[C@@H]21. The highest BCUT2D eigenvalue weighted by Gasteiger charge is 2.41. The Kier molecular flexibility index (Phi) is 2.45. The van der Waals surface area contributed by atoms with Crippen molar-refractivity contribution in [3.63, 3.8) is 0 Å². The van der Waals surface area contributed by atoms with Gasteiger partial charge in [0.2, 0.25) is 0 Å². The van der Waals surface area contributed by atoms with Crippen molar-refractivity contribution in [1.82, 2.24) is 0 Å². The van der Waals surface area contributed by atoms with E-state index in [9.17, 15) is 4.39 Å². The summed E-state index contributed by atoms with van der Waals surface area (Å²) in [5.74, 6) is 0.714.